The molecule has 1 aliphatic heterocycles. The summed E-state index contributed by atoms with van der Waals surface area (Å²) in [6.45, 7) is 5.46. The monoisotopic (exact) mass is 409 g/mol. The van der Waals surface area contributed by atoms with Crippen LogP contribution < -0.4 is 14.2 Å². The number of carbonyl (C=O) groups excluding carboxylic acids is 1. The molecule has 8 nitrogen and oxygen atoms in total. The van der Waals surface area contributed by atoms with Crippen molar-refractivity contribution >= 4 is 5.91 Å². The van der Waals surface area contributed by atoms with Crippen molar-refractivity contribution in [2.45, 2.75) is 20.3 Å². The van der Waals surface area contributed by atoms with Gasteiger partial charge in [-0.1, -0.05) is 31.2 Å². The normalized spacial score (nSPS) is 12.2. The molecule has 0 aliphatic carbocycles. The minimum atomic E-state index is -0.338. The Labute approximate surface area is 174 Å². The molecule has 2 heterocycles. The average molecular weight is 409 g/mol. The summed E-state index contributed by atoms with van der Waals surface area (Å²) in [6.07, 6.45) is 0.925. The molecule has 0 radical (unpaired) electrons. The third-order valence-corrected chi connectivity index (χ3v) is 4.68. The van der Waals surface area contributed by atoms with Gasteiger partial charge in [0.25, 0.3) is 5.91 Å². The number of hydrogen-bond donors (Lipinski definition) is 0. The number of carbonyl (C=O) groups is 1. The maximum absolute atomic E-state index is 13.2. The van der Waals surface area contributed by atoms with Crippen molar-refractivity contribution in [3.8, 4) is 28.9 Å². The van der Waals surface area contributed by atoms with Crippen LogP contribution in [0.25, 0.3) is 11.4 Å². The fourth-order valence-corrected chi connectivity index (χ4v) is 3.06. The molecule has 0 bridgehead atoms. The van der Waals surface area contributed by atoms with E-state index in [-0.39, 0.29) is 18.7 Å². The molecule has 0 amide bonds. The molecule has 4 rings (SSSR count). The Hall–Kier alpha value is -3.39. The maximum Gasteiger partial charge on any atom is 0.336 e. The van der Waals surface area contributed by atoms with Gasteiger partial charge in [-0.25, -0.2) is 0 Å². The summed E-state index contributed by atoms with van der Waals surface area (Å²) in [4.78, 5) is 17.7. The first kappa shape index (κ1) is 19.9. The summed E-state index contributed by atoms with van der Waals surface area (Å²) >= 11 is 0. The van der Waals surface area contributed by atoms with Crippen molar-refractivity contribution in [1.82, 2.24) is 14.8 Å². The summed E-state index contributed by atoms with van der Waals surface area (Å²) < 4.78 is 22.8. The molecule has 0 fully saturated rings. The van der Waals surface area contributed by atoms with Gasteiger partial charge in [0.05, 0.1) is 6.61 Å². The summed E-state index contributed by atoms with van der Waals surface area (Å²) in [5, 5.41) is 4.30. The molecule has 0 saturated heterocycles. The molecular formula is C22H23N3O5. The van der Waals surface area contributed by atoms with E-state index < -0.39 is 0 Å². The summed E-state index contributed by atoms with van der Waals surface area (Å²) in [5.74, 6) is 1.21. The Morgan fingerprint density at radius 1 is 1.07 bits per heavy atom. The van der Waals surface area contributed by atoms with Crippen LogP contribution in [-0.4, -0.2) is 47.3 Å². The van der Waals surface area contributed by atoms with E-state index in [9.17, 15) is 4.79 Å². The summed E-state index contributed by atoms with van der Waals surface area (Å²) in [6, 6.07) is 13.0. The van der Waals surface area contributed by atoms with Gasteiger partial charge in [0.1, 0.15) is 6.61 Å². The van der Waals surface area contributed by atoms with Crippen LogP contribution in [0.4, 0.5) is 0 Å². The van der Waals surface area contributed by atoms with Crippen LogP contribution in [0.2, 0.25) is 0 Å². The second kappa shape index (κ2) is 8.96. The molecule has 0 unspecified atom stereocenters. The Morgan fingerprint density at radius 2 is 1.87 bits per heavy atom. The van der Waals surface area contributed by atoms with Crippen molar-refractivity contribution in [2.75, 3.05) is 26.6 Å². The van der Waals surface area contributed by atoms with Gasteiger partial charge in [-0.05, 0) is 37.1 Å². The van der Waals surface area contributed by atoms with Crippen LogP contribution in [0.15, 0.2) is 42.5 Å². The lowest BCUT2D eigenvalue weighted by molar-refractivity contribution is 0.0937. The topological polar surface area (TPSA) is 84.7 Å². The van der Waals surface area contributed by atoms with Gasteiger partial charge in [-0.3, -0.25) is 4.79 Å². The molecule has 156 valence electrons. The van der Waals surface area contributed by atoms with Crippen LogP contribution in [0.5, 0.6) is 17.5 Å². The van der Waals surface area contributed by atoms with E-state index >= 15 is 0 Å². The Balaban J connectivity index is 1.66. The number of rotatable bonds is 8. The van der Waals surface area contributed by atoms with E-state index in [0.717, 1.165) is 12.0 Å². The molecule has 1 aliphatic rings. The highest BCUT2D eigenvalue weighted by molar-refractivity contribution is 5.98. The lowest BCUT2D eigenvalue weighted by Gasteiger charge is -2.06. The summed E-state index contributed by atoms with van der Waals surface area (Å²) in [7, 11) is 0. The second-order valence-corrected chi connectivity index (χ2v) is 6.60. The largest absolute Gasteiger partial charge is 0.460 e. The van der Waals surface area contributed by atoms with E-state index in [1.54, 1.807) is 18.2 Å². The molecule has 2 aromatic carbocycles. The highest BCUT2D eigenvalue weighted by atomic mass is 16.7. The van der Waals surface area contributed by atoms with Gasteiger partial charge in [-0.2, -0.15) is 9.67 Å². The fraction of sp³-hybridized carbons (Fsp3) is 0.318. The number of ether oxygens (including phenoxy) is 4. The molecule has 0 spiro atoms. The van der Waals surface area contributed by atoms with Crippen molar-refractivity contribution in [2.24, 2.45) is 0 Å². The smallest absolute Gasteiger partial charge is 0.336 e. The van der Waals surface area contributed by atoms with E-state index in [1.807, 2.05) is 31.2 Å². The van der Waals surface area contributed by atoms with Gasteiger partial charge in [-0.15, -0.1) is 5.10 Å². The number of hydrogen-bond acceptors (Lipinski definition) is 7. The van der Waals surface area contributed by atoms with Crippen LogP contribution in [-0.2, 0) is 11.2 Å². The minimum absolute atomic E-state index is 0.123. The minimum Gasteiger partial charge on any atom is -0.460 e. The Kier molecular flexibility index (Phi) is 5.94. The van der Waals surface area contributed by atoms with E-state index in [1.165, 1.54) is 10.2 Å². The quantitative estimate of drug-likeness (QED) is 0.528. The first-order valence-corrected chi connectivity index (χ1v) is 9.91. The highest BCUT2D eigenvalue weighted by Gasteiger charge is 2.22. The van der Waals surface area contributed by atoms with Gasteiger partial charge >= 0.3 is 6.01 Å². The van der Waals surface area contributed by atoms with Crippen molar-refractivity contribution in [1.29, 1.82) is 0 Å². The van der Waals surface area contributed by atoms with Gasteiger partial charge < -0.3 is 18.9 Å². The Morgan fingerprint density at radius 3 is 2.63 bits per heavy atom. The maximum atomic E-state index is 13.2. The first-order chi connectivity index (χ1) is 14.7. The third kappa shape index (κ3) is 4.13. The second-order valence-electron chi connectivity index (χ2n) is 6.60. The molecule has 30 heavy (non-hydrogen) atoms. The highest BCUT2D eigenvalue weighted by Crippen LogP contribution is 2.33. The van der Waals surface area contributed by atoms with Crippen LogP contribution >= 0.6 is 0 Å². The number of aromatic nitrogens is 3. The average Bonchev–Trinajstić information content (AvgIpc) is 3.43. The molecule has 8 heteroatoms. The lowest BCUT2D eigenvalue weighted by atomic mass is 10.1. The van der Waals surface area contributed by atoms with E-state index in [0.29, 0.717) is 42.7 Å². The fourth-order valence-electron chi connectivity index (χ4n) is 3.06. The van der Waals surface area contributed by atoms with Crippen LogP contribution in [0.3, 0.4) is 0 Å². The molecular weight excluding hydrogens is 386 g/mol. The molecule has 0 N–H and O–H groups in total. The van der Waals surface area contributed by atoms with Gasteiger partial charge in [0.15, 0.2) is 17.3 Å². The molecule has 1 aromatic heterocycles. The molecule has 3 aromatic rings. The molecule has 0 atom stereocenters. The van der Waals surface area contributed by atoms with E-state index in [4.69, 9.17) is 18.9 Å². The predicted molar refractivity (Wildman–Crippen MR) is 109 cm³/mol. The van der Waals surface area contributed by atoms with Crippen LogP contribution in [0.1, 0.15) is 29.8 Å². The summed E-state index contributed by atoms with van der Waals surface area (Å²) in [5.41, 5.74) is 2.38. The van der Waals surface area contributed by atoms with Gasteiger partial charge in [0.2, 0.25) is 6.79 Å². The first-order valence-electron chi connectivity index (χ1n) is 9.91. The lowest BCUT2D eigenvalue weighted by Crippen LogP contribution is -2.15. The van der Waals surface area contributed by atoms with Crippen molar-refractivity contribution in [3.63, 3.8) is 0 Å². The molecule has 0 saturated carbocycles. The zero-order valence-electron chi connectivity index (χ0n) is 17.0. The Bertz CT molecular complexity index is 1030. The number of nitrogens with zero attached hydrogens (tertiary/aromatic N) is 3. The SMILES string of the molecule is CCOCCOc1nc(-c2ccc(CC)cc2)n(C(=O)c2ccc3c(c2)OCO3)n1. The van der Waals surface area contributed by atoms with Crippen molar-refractivity contribution < 1.29 is 23.7 Å². The predicted octanol–water partition coefficient (Wildman–Crippen LogP) is 3.34. The van der Waals surface area contributed by atoms with Gasteiger partial charge in [0, 0.05) is 17.7 Å². The number of benzene rings is 2. The van der Waals surface area contributed by atoms with E-state index in [2.05, 4.69) is 17.0 Å². The number of aryl methyl sites for hydroxylation is 1. The number of fused-ring (bicyclic) bond motifs is 1. The van der Waals surface area contributed by atoms with Crippen LogP contribution in [0, 0.1) is 0 Å². The third-order valence-electron chi connectivity index (χ3n) is 4.68. The zero-order valence-corrected chi connectivity index (χ0v) is 17.0. The van der Waals surface area contributed by atoms with Crippen molar-refractivity contribution in [3.05, 3.63) is 53.6 Å². The standard InChI is InChI=1S/C22H23N3O5/c1-3-15-5-7-16(8-6-15)20-23-22(28-12-11-27-4-2)24-25(20)21(26)17-9-10-18-19(13-17)30-14-29-18/h5-10,13H,3-4,11-12,14H2,1-2H3. The zero-order chi connectivity index (χ0) is 20.9.